The van der Waals surface area contributed by atoms with E-state index in [0.29, 0.717) is 19.5 Å². The summed E-state index contributed by atoms with van der Waals surface area (Å²) in [7, 11) is 3.50. The molecule has 0 bridgehead atoms. The number of methoxy groups -OCH3 is 1. The standard InChI is InChI=1S/C11H19N3O2/c1-14-4-3-9(8-14)7-13-11(15)5-10(6-12)16-2/h3-4,8,10H,5-7,12H2,1-2H3,(H,13,15). The van der Waals surface area contributed by atoms with Gasteiger partial charge in [0.1, 0.15) is 0 Å². The molecule has 0 radical (unpaired) electrons. The predicted octanol–water partition coefficient (Wildman–Crippen LogP) is 0.00510. The smallest absolute Gasteiger partial charge is 0.222 e. The second-order valence-electron chi connectivity index (χ2n) is 3.76. The van der Waals surface area contributed by atoms with Crippen LogP contribution in [0, 0.1) is 0 Å². The molecular formula is C11H19N3O2. The van der Waals surface area contributed by atoms with E-state index in [1.165, 1.54) is 0 Å². The van der Waals surface area contributed by atoms with Crippen molar-refractivity contribution in [1.82, 2.24) is 9.88 Å². The Labute approximate surface area is 95.6 Å². The average molecular weight is 225 g/mol. The van der Waals surface area contributed by atoms with Gasteiger partial charge in [0.25, 0.3) is 0 Å². The van der Waals surface area contributed by atoms with E-state index in [1.54, 1.807) is 7.11 Å². The van der Waals surface area contributed by atoms with Gasteiger partial charge in [-0.25, -0.2) is 0 Å². The molecule has 0 spiro atoms. The van der Waals surface area contributed by atoms with Gasteiger partial charge in [0.2, 0.25) is 5.91 Å². The van der Waals surface area contributed by atoms with Crippen LogP contribution in [0.3, 0.4) is 0 Å². The Bertz CT molecular complexity index is 332. The molecule has 0 aromatic carbocycles. The molecule has 1 rings (SSSR count). The molecule has 0 aliphatic carbocycles. The van der Waals surface area contributed by atoms with E-state index in [9.17, 15) is 4.79 Å². The first-order valence-electron chi connectivity index (χ1n) is 5.26. The maximum atomic E-state index is 11.5. The van der Waals surface area contributed by atoms with E-state index < -0.39 is 0 Å². The number of rotatable bonds is 6. The first kappa shape index (κ1) is 12.7. The van der Waals surface area contributed by atoms with Crippen LogP contribution in [0.15, 0.2) is 18.5 Å². The highest BCUT2D eigenvalue weighted by atomic mass is 16.5. The number of nitrogens with one attached hydrogen (secondary N) is 1. The Hall–Kier alpha value is -1.33. The first-order valence-corrected chi connectivity index (χ1v) is 5.26. The highest BCUT2D eigenvalue weighted by Crippen LogP contribution is 2.00. The van der Waals surface area contributed by atoms with Gasteiger partial charge < -0.3 is 20.4 Å². The number of nitrogens with two attached hydrogens (primary N) is 1. The average Bonchev–Trinajstić information content (AvgIpc) is 2.69. The summed E-state index contributed by atoms with van der Waals surface area (Å²) in [6.45, 7) is 0.899. The molecule has 1 heterocycles. The van der Waals surface area contributed by atoms with Crippen LogP contribution in [0.2, 0.25) is 0 Å². The van der Waals surface area contributed by atoms with Gasteiger partial charge in [0.15, 0.2) is 0 Å². The molecule has 1 aromatic heterocycles. The SMILES string of the molecule is COC(CN)CC(=O)NCc1ccn(C)c1. The molecule has 0 saturated carbocycles. The van der Waals surface area contributed by atoms with Gasteiger partial charge >= 0.3 is 0 Å². The van der Waals surface area contributed by atoms with Crippen LogP contribution in [0.4, 0.5) is 0 Å². The number of carbonyl (C=O) groups is 1. The van der Waals surface area contributed by atoms with Gasteiger partial charge in [0, 0.05) is 39.6 Å². The largest absolute Gasteiger partial charge is 0.380 e. The summed E-state index contributed by atoms with van der Waals surface area (Å²) in [6, 6.07) is 1.97. The van der Waals surface area contributed by atoms with Gasteiger partial charge in [-0.15, -0.1) is 0 Å². The third-order valence-electron chi connectivity index (χ3n) is 2.39. The Morgan fingerprint density at radius 1 is 1.69 bits per heavy atom. The summed E-state index contributed by atoms with van der Waals surface area (Å²) in [4.78, 5) is 11.5. The normalized spacial score (nSPS) is 12.4. The van der Waals surface area contributed by atoms with E-state index in [-0.39, 0.29) is 12.0 Å². The van der Waals surface area contributed by atoms with Crippen LogP contribution >= 0.6 is 0 Å². The van der Waals surface area contributed by atoms with Crippen LogP contribution < -0.4 is 11.1 Å². The fraction of sp³-hybridized carbons (Fsp3) is 0.545. The van der Waals surface area contributed by atoms with Crippen molar-refractivity contribution < 1.29 is 9.53 Å². The highest BCUT2D eigenvalue weighted by molar-refractivity contribution is 5.76. The minimum absolute atomic E-state index is 0.0406. The van der Waals surface area contributed by atoms with Crippen molar-refractivity contribution in [2.75, 3.05) is 13.7 Å². The van der Waals surface area contributed by atoms with Gasteiger partial charge in [-0.2, -0.15) is 0 Å². The number of amides is 1. The number of nitrogens with zero attached hydrogens (tertiary/aromatic N) is 1. The number of ether oxygens (including phenoxy) is 1. The third kappa shape index (κ3) is 4.04. The zero-order valence-electron chi connectivity index (χ0n) is 9.77. The van der Waals surface area contributed by atoms with Crippen LogP contribution in [0.25, 0.3) is 0 Å². The van der Waals surface area contributed by atoms with Crippen LogP contribution in [-0.4, -0.2) is 30.2 Å². The first-order chi connectivity index (χ1) is 7.65. The lowest BCUT2D eigenvalue weighted by Crippen LogP contribution is -2.31. The van der Waals surface area contributed by atoms with Crippen molar-refractivity contribution in [3.63, 3.8) is 0 Å². The molecule has 90 valence electrons. The number of carbonyl (C=O) groups excluding carboxylic acids is 1. The monoisotopic (exact) mass is 225 g/mol. The molecule has 0 aliphatic heterocycles. The van der Waals surface area contributed by atoms with Crippen LogP contribution in [-0.2, 0) is 23.1 Å². The van der Waals surface area contributed by atoms with Gasteiger partial charge in [-0.1, -0.05) is 0 Å². The van der Waals surface area contributed by atoms with Gasteiger partial charge in [0.05, 0.1) is 12.5 Å². The van der Waals surface area contributed by atoms with E-state index >= 15 is 0 Å². The molecule has 16 heavy (non-hydrogen) atoms. The zero-order valence-corrected chi connectivity index (χ0v) is 9.77. The third-order valence-corrected chi connectivity index (χ3v) is 2.39. The van der Waals surface area contributed by atoms with Gasteiger partial charge in [-0.05, 0) is 11.6 Å². The number of aryl methyl sites for hydroxylation is 1. The lowest BCUT2D eigenvalue weighted by Gasteiger charge is -2.12. The lowest BCUT2D eigenvalue weighted by atomic mass is 10.2. The number of hydrogen-bond donors (Lipinski definition) is 2. The van der Waals surface area contributed by atoms with E-state index in [1.807, 2.05) is 30.1 Å². The summed E-state index contributed by atoms with van der Waals surface area (Å²) < 4.78 is 6.98. The topological polar surface area (TPSA) is 69.3 Å². The lowest BCUT2D eigenvalue weighted by molar-refractivity contribution is -0.123. The fourth-order valence-corrected chi connectivity index (χ4v) is 1.41. The number of hydrogen-bond acceptors (Lipinski definition) is 3. The molecule has 3 N–H and O–H groups in total. The summed E-state index contributed by atoms with van der Waals surface area (Å²) in [5, 5.41) is 2.82. The molecular weight excluding hydrogens is 206 g/mol. The second-order valence-corrected chi connectivity index (χ2v) is 3.76. The summed E-state index contributed by atoms with van der Waals surface area (Å²) in [6.07, 6.45) is 4.02. The van der Waals surface area contributed by atoms with Crippen molar-refractivity contribution in [2.45, 2.75) is 19.1 Å². The molecule has 0 saturated heterocycles. The minimum atomic E-state index is -0.198. The summed E-state index contributed by atoms with van der Waals surface area (Å²) in [5.41, 5.74) is 6.51. The van der Waals surface area contributed by atoms with E-state index in [2.05, 4.69) is 5.32 Å². The van der Waals surface area contributed by atoms with Crippen molar-refractivity contribution in [1.29, 1.82) is 0 Å². The molecule has 0 aliphatic rings. The number of aromatic nitrogens is 1. The molecule has 1 aromatic rings. The zero-order chi connectivity index (χ0) is 12.0. The molecule has 0 fully saturated rings. The summed E-state index contributed by atoms with van der Waals surface area (Å²) in [5.74, 6) is -0.0406. The van der Waals surface area contributed by atoms with E-state index in [4.69, 9.17) is 10.5 Å². The maximum Gasteiger partial charge on any atom is 0.222 e. The molecule has 5 nitrogen and oxygen atoms in total. The Balaban J connectivity index is 2.30. The fourth-order valence-electron chi connectivity index (χ4n) is 1.41. The molecule has 1 unspecified atom stereocenters. The molecule has 1 atom stereocenters. The Morgan fingerprint density at radius 3 is 2.94 bits per heavy atom. The highest BCUT2D eigenvalue weighted by Gasteiger charge is 2.10. The predicted molar refractivity (Wildman–Crippen MR) is 61.7 cm³/mol. The second kappa shape index (κ2) is 6.30. The van der Waals surface area contributed by atoms with Crippen molar-refractivity contribution in [2.24, 2.45) is 12.8 Å². The van der Waals surface area contributed by atoms with Crippen LogP contribution in [0.5, 0.6) is 0 Å². The van der Waals surface area contributed by atoms with Crippen molar-refractivity contribution >= 4 is 5.91 Å². The van der Waals surface area contributed by atoms with Crippen molar-refractivity contribution in [3.8, 4) is 0 Å². The van der Waals surface area contributed by atoms with Crippen molar-refractivity contribution in [3.05, 3.63) is 24.0 Å². The maximum absolute atomic E-state index is 11.5. The van der Waals surface area contributed by atoms with E-state index in [0.717, 1.165) is 5.56 Å². The van der Waals surface area contributed by atoms with Crippen LogP contribution in [0.1, 0.15) is 12.0 Å². The minimum Gasteiger partial charge on any atom is -0.380 e. The summed E-state index contributed by atoms with van der Waals surface area (Å²) >= 11 is 0. The molecule has 5 heteroatoms. The Kier molecular flexibility index (Phi) is 5.01. The quantitative estimate of drug-likeness (QED) is 0.716. The molecule has 1 amide bonds. The van der Waals surface area contributed by atoms with Gasteiger partial charge in [-0.3, -0.25) is 4.79 Å². The Morgan fingerprint density at radius 2 is 2.44 bits per heavy atom.